The fraction of sp³-hybridized carbons (Fsp3) is 0.125. The van der Waals surface area contributed by atoms with Gasteiger partial charge in [-0.15, -0.1) is 6.54 Å². The monoisotopic (exact) mass is 330 g/mol. The summed E-state index contributed by atoms with van der Waals surface area (Å²) in [6.45, 7) is 3.88. The van der Waals surface area contributed by atoms with Crippen LogP contribution >= 0.6 is 0 Å². The molecule has 1 N–H and O–H groups in total. The van der Waals surface area contributed by atoms with Gasteiger partial charge in [0.1, 0.15) is 5.82 Å². The van der Waals surface area contributed by atoms with Crippen molar-refractivity contribution in [1.29, 1.82) is 0 Å². The van der Waals surface area contributed by atoms with Crippen molar-refractivity contribution in [2.75, 3.05) is 11.6 Å². The zero-order valence-corrected chi connectivity index (χ0v) is 12.9. The fourth-order valence-corrected chi connectivity index (χ4v) is 0.750. The van der Waals surface area contributed by atoms with Gasteiger partial charge in [-0.25, -0.2) is 4.39 Å². The fourth-order valence-electron chi connectivity index (χ4n) is 0.750. The SMILES string of the molecule is [CH2-]CN([NH-])c1ccc(F)cc1.[Y].[Y]. The minimum atomic E-state index is -0.286. The zero-order valence-electron chi connectivity index (χ0n) is 7.20. The van der Waals surface area contributed by atoms with Gasteiger partial charge in [0, 0.05) is 71.1 Å². The van der Waals surface area contributed by atoms with Crippen LogP contribution in [0.5, 0.6) is 0 Å². The van der Waals surface area contributed by atoms with Gasteiger partial charge in [-0.3, -0.25) is 0 Å². The van der Waals surface area contributed by atoms with Gasteiger partial charge in [0.2, 0.25) is 0 Å². The number of hydrogen-bond donors (Lipinski definition) is 0. The Kier molecular flexibility index (Phi) is 10.7. The van der Waals surface area contributed by atoms with Gasteiger partial charge < -0.3 is 17.8 Å². The maximum atomic E-state index is 12.4. The van der Waals surface area contributed by atoms with E-state index in [1.807, 2.05) is 0 Å². The first-order valence-electron chi connectivity index (χ1n) is 3.27. The van der Waals surface area contributed by atoms with Gasteiger partial charge in [-0.1, -0.05) is 0 Å². The molecule has 66 valence electrons. The van der Waals surface area contributed by atoms with Crippen LogP contribution in [-0.4, -0.2) is 6.54 Å². The van der Waals surface area contributed by atoms with Crippen LogP contribution in [0.25, 0.3) is 5.84 Å². The number of anilines is 1. The van der Waals surface area contributed by atoms with E-state index in [9.17, 15) is 4.39 Å². The van der Waals surface area contributed by atoms with Gasteiger partial charge in [0.05, 0.1) is 0 Å². The standard InChI is InChI=1S/C8H9FN2.2Y/c1-2-11(10)8-5-3-7(9)4-6-8;;/h3-6,10H,1-2H2;;/q-2;;. The third-order valence-electron chi connectivity index (χ3n) is 1.36. The first-order valence-corrected chi connectivity index (χ1v) is 3.27. The molecular formula is C8H9FN2Y2-2. The molecule has 1 aromatic rings. The van der Waals surface area contributed by atoms with Crippen LogP contribution in [0.1, 0.15) is 0 Å². The molecule has 0 saturated heterocycles. The predicted octanol–water partition coefficient (Wildman–Crippen LogP) is 2.43. The van der Waals surface area contributed by atoms with Crippen molar-refractivity contribution in [1.82, 2.24) is 0 Å². The van der Waals surface area contributed by atoms with E-state index in [0.29, 0.717) is 12.2 Å². The van der Waals surface area contributed by atoms with E-state index in [1.165, 1.54) is 17.1 Å². The zero-order chi connectivity index (χ0) is 8.27. The molecule has 0 atom stereocenters. The van der Waals surface area contributed by atoms with Gasteiger partial charge in [0.15, 0.2) is 0 Å². The molecule has 1 rings (SSSR count). The molecule has 5 heteroatoms. The van der Waals surface area contributed by atoms with Crippen molar-refractivity contribution in [2.45, 2.75) is 0 Å². The Hall–Kier alpha value is 1.12. The van der Waals surface area contributed by atoms with Crippen LogP contribution in [0.2, 0.25) is 0 Å². The van der Waals surface area contributed by atoms with E-state index in [4.69, 9.17) is 5.84 Å². The van der Waals surface area contributed by atoms with E-state index in [-0.39, 0.29) is 71.2 Å². The van der Waals surface area contributed by atoms with Crippen molar-refractivity contribution < 1.29 is 69.8 Å². The molecule has 0 aromatic heterocycles. The smallest absolute Gasteiger partial charge is 0.123 e. The molecule has 1 aromatic carbocycles. The summed E-state index contributed by atoms with van der Waals surface area (Å²) >= 11 is 0. The molecule has 2 nitrogen and oxygen atoms in total. The largest absolute Gasteiger partial charge is 0.586 e. The Bertz CT molecular complexity index is 228. The molecule has 0 unspecified atom stereocenters. The molecule has 0 aliphatic rings. The molecule has 0 heterocycles. The summed E-state index contributed by atoms with van der Waals surface area (Å²) < 4.78 is 12.4. The molecule has 0 spiro atoms. The Balaban J connectivity index is 0. The van der Waals surface area contributed by atoms with Crippen molar-refractivity contribution in [2.24, 2.45) is 0 Å². The first-order chi connectivity index (χ1) is 5.24. The summed E-state index contributed by atoms with van der Waals surface area (Å²) in [5.74, 6) is 6.99. The topological polar surface area (TPSA) is 27.0 Å². The Morgan fingerprint density at radius 3 is 2.08 bits per heavy atom. The number of hydrogen-bond acceptors (Lipinski definition) is 1. The van der Waals surface area contributed by atoms with E-state index >= 15 is 0 Å². The summed E-state index contributed by atoms with van der Waals surface area (Å²) in [7, 11) is 0. The second-order valence-electron chi connectivity index (χ2n) is 2.13. The van der Waals surface area contributed by atoms with Crippen LogP contribution in [0.4, 0.5) is 10.1 Å². The summed E-state index contributed by atoms with van der Waals surface area (Å²) in [5, 5.41) is 1.19. The maximum absolute atomic E-state index is 12.4. The number of rotatable bonds is 2. The van der Waals surface area contributed by atoms with Crippen molar-refractivity contribution >= 4 is 5.69 Å². The average Bonchev–Trinajstić information content (AvgIpc) is 2.05. The predicted molar refractivity (Wildman–Crippen MR) is 43.4 cm³/mol. The normalized spacial score (nSPS) is 8.23. The van der Waals surface area contributed by atoms with E-state index in [0.717, 1.165) is 0 Å². The summed E-state index contributed by atoms with van der Waals surface area (Å²) in [6, 6.07) is 5.75. The van der Waals surface area contributed by atoms with Gasteiger partial charge >= 0.3 is 0 Å². The molecule has 0 bridgehead atoms. The molecule has 0 amide bonds. The van der Waals surface area contributed by atoms with Crippen LogP contribution in [0.3, 0.4) is 0 Å². The van der Waals surface area contributed by atoms with Gasteiger partial charge in [0.25, 0.3) is 0 Å². The van der Waals surface area contributed by atoms with Crippen molar-refractivity contribution in [3.63, 3.8) is 0 Å². The van der Waals surface area contributed by atoms with E-state index in [2.05, 4.69) is 6.92 Å². The van der Waals surface area contributed by atoms with Gasteiger partial charge in [-0.2, -0.15) is 0 Å². The van der Waals surface area contributed by atoms with Crippen LogP contribution in [0.15, 0.2) is 24.3 Å². The molecular weight excluding hydrogens is 321 g/mol. The first kappa shape index (κ1) is 16.5. The van der Waals surface area contributed by atoms with Gasteiger partial charge in [-0.05, 0) is 24.3 Å². The minimum absolute atomic E-state index is 0. The Morgan fingerprint density at radius 1 is 1.23 bits per heavy atom. The maximum Gasteiger partial charge on any atom is 0.123 e. The second-order valence-corrected chi connectivity index (χ2v) is 2.13. The number of benzene rings is 1. The summed E-state index contributed by atoms with van der Waals surface area (Å²) in [5.41, 5.74) is 0.654. The van der Waals surface area contributed by atoms with Crippen LogP contribution in [-0.2, 0) is 65.4 Å². The van der Waals surface area contributed by atoms with Crippen molar-refractivity contribution in [3.05, 3.63) is 42.8 Å². The van der Waals surface area contributed by atoms with Crippen LogP contribution < -0.4 is 5.01 Å². The van der Waals surface area contributed by atoms with Crippen LogP contribution in [0, 0.1) is 12.7 Å². The molecule has 0 aliphatic carbocycles. The summed E-state index contributed by atoms with van der Waals surface area (Å²) in [4.78, 5) is 0. The quantitative estimate of drug-likeness (QED) is 0.604. The third-order valence-corrected chi connectivity index (χ3v) is 1.36. The summed E-state index contributed by atoms with van der Waals surface area (Å²) in [6.07, 6.45) is 0. The third kappa shape index (κ3) is 5.53. The Morgan fingerprint density at radius 2 is 1.69 bits per heavy atom. The second kappa shape index (κ2) is 8.43. The number of halogens is 1. The van der Waals surface area contributed by atoms with E-state index in [1.54, 1.807) is 12.1 Å². The minimum Gasteiger partial charge on any atom is -0.586 e. The molecule has 2 radical (unpaired) electrons. The molecule has 0 saturated carbocycles. The number of nitrogens with zero attached hydrogens (tertiary/aromatic N) is 1. The number of nitrogens with one attached hydrogen (secondary N) is 1. The average molecular weight is 330 g/mol. The van der Waals surface area contributed by atoms with E-state index < -0.39 is 0 Å². The Labute approximate surface area is 128 Å². The molecule has 13 heavy (non-hydrogen) atoms. The molecule has 0 aliphatic heterocycles. The van der Waals surface area contributed by atoms with Crippen molar-refractivity contribution in [3.8, 4) is 0 Å². The molecule has 0 fully saturated rings.